The lowest BCUT2D eigenvalue weighted by molar-refractivity contribution is -0.135. The molecule has 0 aromatic heterocycles. The number of hydrogen-bond donors (Lipinski definition) is 0. The molecule has 1 heterocycles. The molecule has 0 atom stereocenters. The van der Waals surface area contributed by atoms with Gasteiger partial charge in [-0.3, -0.25) is 4.79 Å². The van der Waals surface area contributed by atoms with E-state index in [-0.39, 0.29) is 12.4 Å². The number of carbonyl (C=O) groups is 1. The fraction of sp³-hybridized carbons (Fsp3) is 0.222. The van der Waals surface area contributed by atoms with Gasteiger partial charge in [-0.15, -0.1) is 3.89 Å². The summed E-state index contributed by atoms with van der Waals surface area (Å²) < 4.78 is 38.7. The number of fused-ring (bicyclic) bond motifs is 1. The highest BCUT2D eigenvalue weighted by atomic mass is 32.3. The fourth-order valence-electron chi connectivity index (χ4n) is 1.41. The molecule has 0 saturated heterocycles. The van der Waals surface area contributed by atoms with Gasteiger partial charge in [0.05, 0.1) is 11.3 Å². The van der Waals surface area contributed by atoms with Gasteiger partial charge in [-0.25, -0.2) is 0 Å². The Balaban J connectivity index is 2.48. The van der Waals surface area contributed by atoms with E-state index in [0.717, 1.165) is 6.07 Å². The molecule has 4 nitrogen and oxygen atoms in total. The van der Waals surface area contributed by atoms with E-state index in [1.54, 1.807) is 0 Å². The second-order valence-corrected chi connectivity index (χ2v) is 4.53. The summed E-state index contributed by atoms with van der Waals surface area (Å²) in [6, 6.07) is 3.56. The van der Waals surface area contributed by atoms with Crippen molar-refractivity contribution in [3.05, 3.63) is 23.8 Å². The first-order valence-electron chi connectivity index (χ1n) is 4.25. The van der Waals surface area contributed by atoms with Gasteiger partial charge in [-0.1, -0.05) is 0 Å². The zero-order valence-electron chi connectivity index (χ0n) is 7.57. The van der Waals surface area contributed by atoms with Gasteiger partial charge in [0, 0.05) is 0 Å². The molecular formula is C9H7FO4S. The van der Waals surface area contributed by atoms with Crippen LogP contribution in [0.2, 0.25) is 0 Å². The third-order valence-corrected chi connectivity index (χ3v) is 2.95. The van der Waals surface area contributed by atoms with Gasteiger partial charge >= 0.3 is 16.2 Å². The van der Waals surface area contributed by atoms with Crippen LogP contribution in [0.4, 0.5) is 3.89 Å². The Morgan fingerprint density at radius 1 is 1.27 bits per heavy atom. The van der Waals surface area contributed by atoms with Crippen LogP contribution in [-0.2, 0) is 21.4 Å². The first-order chi connectivity index (χ1) is 6.97. The molecule has 0 bridgehead atoms. The molecule has 80 valence electrons. The molecule has 15 heavy (non-hydrogen) atoms. The average Bonchev–Trinajstić information content (AvgIpc) is 2.15. The Morgan fingerprint density at radius 3 is 2.67 bits per heavy atom. The van der Waals surface area contributed by atoms with Gasteiger partial charge in [0.1, 0.15) is 5.75 Å². The third kappa shape index (κ3) is 1.99. The molecule has 0 unspecified atom stereocenters. The van der Waals surface area contributed by atoms with E-state index in [1.807, 2.05) is 0 Å². The Kier molecular flexibility index (Phi) is 2.22. The van der Waals surface area contributed by atoms with E-state index >= 15 is 0 Å². The van der Waals surface area contributed by atoms with Crippen molar-refractivity contribution < 1.29 is 21.8 Å². The molecular weight excluding hydrogens is 223 g/mol. The summed E-state index contributed by atoms with van der Waals surface area (Å²) in [7, 11) is -4.69. The number of benzene rings is 1. The lowest BCUT2D eigenvalue weighted by Gasteiger charge is -2.15. The molecule has 0 aliphatic carbocycles. The number of ether oxygens (including phenoxy) is 1. The summed E-state index contributed by atoms with van der Waals surface area (Å²) in [5.41, 5.74) is 0.535. The normalized spacial score (nSPS) is 15.7. The smallest absolute Gasteiger partial charge is 0.332 e. The van der Waals surface area contributed by atoms with Crippen molar-refractivity contribution in [1.82, 2.24) is 0 Å². The number of halogens is 1. The topological polar surface area (TPSA) is 60.4 Å². The summed E-state index contributed by atoms with van der Waals surface area (Å²) in [6.45, 7) is 0. The molecule has 0 spiro atoms. The highest BCUT2D eigenvalue weighted by molar-refractivity contribution is 7.86. The van der Waals surface area contributed by atoms with Crippen molar-refractivity contribution in [1.29, 1.82) is 0 Å². The summed E-state index contributed by atoms with van der Waals surface area (Å²) in [5.74, 6) is -0.0583. The van der Waals surface area contributed by atoms with Crippen LogP contribution in [0, 0.1) is 0 Å². The molecule has 1 aliphatic heterocycles. The number of rotatable bonds is 1. The zero-order chi connectivity index (χ0) is 11.1. The largest absolute Gasteiger partial charge is 0.426 e. The van der Waals surface area contributed by atoms with E-state index in [2.05, 4.69) is 0 Å². The number of carbonyl (C=O) groups excluding carboxylic acids is 1. The van der Waals surface area contributed by atoms with Crippen LogP contribution in [0.3, 0.4) is 0 Å². The molecule has 1 aliphatic rings. The highest BCUT2D eigenvalue weighted by Gasteiger charge is 2.20. The molecule has 1 aromatic carbocycles. The van der Waals surface area contributed by atoms with Gasteiger partial charge in [0.2, 0.25) is 0 Å². The van der Waals surface area contributed by atoms with Crippen LogP contribution in [0.5, 0.6) is 5.75 Å². The maximum absolute atomic E-state index is 12.6. The predicted molar refractivity (Wildman–Crippen MR) is 48.7 cm³/mol. The van der Waals surface area contributed by atoms with Gasteiger partial charge in [-0.2, -0.15) is 8.42 Å². The fourth-order valence-corrected chi connectivity index (χ4v) is 1.93. The molecule has 1 aromatic rings. The van der Waals surface area contributed by atoms with Gasteiger partial charge < -0.3 is 4.74 Å². The van der Waals surface area contributed by atoms with Crippen molar-refractivity contribution in [3.8, 4) is 5.75 Å². The summed E-state index contributed by atoms with van der Waals surface area (Å²) in [6.07, 6.45) is 0.556. The van der Waals surface area contributed by atoms with E-state index in [1.165, 1.54) is 12.1 Å². The number of esters is 1. The molecule has 0 fully saturated rings. The number of hydrogen-bond acceptors (Lipinski definition) is 4. The Labute approximate surface area is 85.9 Å². The van der Waals surface area contributed by atoms with Crippen molar-refractivity contribution in [2.75, 3.05) is 0 Å². The molecule has 6 heteroatoms. The minimum Gasteiger partial charge on any atom is -0.426 e. The zero-order valence-corrected chi connectivity index (χ0v) is 8.38. The van der Waals surface area contributed by atoms with Gasteiger partial charge in [0.25, 0.3) is 0 Å². The predicted octanol–water partition coefficient (Wildman–Crippen LogP) is 1.20. The molecule has 0 saturated carbocycles. The van der Waals surface area contributed by atoms with Crippen molar-refractivity contribution in [3.63, 3.8) is 0 Å². The van der Waals surface area contributed by atoms with Crippen molar-refractivity contribution >= 4 is 16.2 Å². The van der Waals surface area contributed by atoms with E-state index in [9.17, 15) is 17.1 Å². The highest BCUT2D eigenvalue weighted by Crippen LogP contribution is 2.28. The Morgan fingerprint density at radius 2 is 2.00 bits per heavy atom. The van der Waals surface area contributed by atoms with E-state index in [4.69, 9.17) is 4.74 Å². The summed E-state index contributed by atoms with van der Waals surface area (Å²) in [5, 5.41) is 0. The maximum atomic E-state index is 12.6. The Bertz CT molecular complexity index is 521. The molecule has 2 rings (SSSR count). The van der Waals surface area contributed by atoms with Crippen LogP contribution in [0.25, 0.3) is 0 Å². The number of aryl methyl sites for hydroxylation is 1. The lowest BCUT2D eigenvalue weighted by atomic mass is 10.1. The monoisotopic (exact) mass is 230 g/mol. The van der Waals surface area contributed by atoms with Crippen LogP contribution < -0.4 is 4.74 Å². The molecule has 0 amide bonds. The minimum absolute atomic E-state index is 0.183. The van der Waals surface area contributed by atoms with Gasteiger partial charge in [0.15, 0.2) is 0 Å². The Hall–Kier alpha value is -1.43. The van der Waals surface area contributed by atoms with Crippen LogP contribution in [0.1, 0.15) is 12.0 Å². The van der Waals surface area contributed by atoms with Crippen LogP contribution in [0.15, 0.2) is 23.1 Å². The van der Waals surface area contributed by atoms with Crippen LogP contribution in [-0.4, -0.2) is 14.4 Å². The second kappa shape index (κ2) is 3.30. The molecule has 0 N–H and O–H groups in total. The van der Waals surface area contributed by atoms with Crippen molar-refractivity contribution in [2.45, 2.75) is 17.7 Å². The lowest BCUT2D eigenvalue weighted by Crippen LogP contribution is -2.15. The average molecular weight is 230 g/mol. The standard InChI is InChI=1S/C9H7FO4S/c10-15(12,13)7-2-3-8-6(5-7)1-4-9(11)14-8/h2-3,5H,1,4H2. The van der Waals surface area contributed by atoms with E-state index in [0.29, 0.717) is 17.7 Å². The first-order valence-corrected chi connectivity index (χ1v) is 5.63. The van der Waals surface area contributed by atoms with Crippen LogP contribution >= 0.6 is 0 Å². The first kappa shape index (κ1) is 10.1. The SMILES string of the molecule is O=C1CCc2cc(S(=O)(=O)F)ccc2O1. The quantitative estimate of drug-likeness (QED) is 0.413. The third-order valence-electron chi connectivity index (χ3n) is 2.14. The summed E-state index contributed by atoms with van der Waals surface area (Å²) in [4.78, 5) is 10.5. The molecule has 0 radical (unpaired) electrons. The van der Waals surface area contributed by atoms with E-state index < -0.39 is 15.1 Å². The van der Waals surface area contributed by atoms with Crippen molar-refractivity contribution in [2.24, 2.45) is 0 Å². The second-order valence-electron chi connectivity index (χ2n) is 3.18. The van der Waals surface area contributed by atoms with Gasteiger partial charge in [-0.05, 0) is 30.2 Å². The maximum Gasteiger partial charge on any atom is 0.332 e. The summed E-state index contributed by atoms with van der Waals surface area (Å²) >= 11 is 0. The minimum atomic E-state index is -4.69.